The predicted octanol–water partition coefficient (Wildman–Crippen LogP) is 14.0. The molecule has 3 heterocycles. The van der Waals surface area contributed by atoms with Gasteiger partial charge in [0.25, 0.3) is 6.33 Å². The standard InChI is InChI=1S/C56H43N4O/c1-56(2,3)41-33-42(35-44(34-41)61-43-29-30-49-48-23-12-13-26-50(48)60(52(49)36-43)53-27-14-15-32-57-53)58-37-59(55-47-22-11-10-21-40(47)28-31-51(55)58)54-45(38-17-6-4-7-18-38)24-16-25-46(54)39-19-8-5-9-20-39/h4-37H,1-3H3/q+1. The Hall–Kier alpha value is -7.76. The molecular weight excluding hydrogens is 745 g/mol. The molecule has 0 aliphatic rings. The number of nitrogens with zero attached hydrogens (tertiary/aromatic N) is 4. The zero-order valence-corrected chi connectivity index (χ0v) is 34.3. The zero-order chi connectivity index (χ0) is 41.1. The highest BCUT2D eigenvalue weighted by Crippen LogP contribution is 2.39. The molecule has 292 valence electrons. The van der Waals surface area contributed by atoms with E-state index >= 15 is 0 Å². The fourth-order valence-corrected chi connectivity index (χ4v) is 8.90. The van der Waals surface area contributed by atoms with E-state index in [0.29, 0.717) is 0 Å². The first kappa shape index (κ1) is 36.3. The molecule has 61 heavy (non-hydrogen) atoms. The molecule has 0 bridgehead atoms. The van der Waals surface area contributed by atoms with Gasteiger partial charge in [0.05, 0.1) is 11.0 Å². The number of imidazole rings is 1. The van der Waals surface area contributed by atoms with E-state index in [0.717, 1.165) is 78.4 Å². The van der Waals surface area contributed by atoms with Gasteiger partial charge in [0, 0.05) is 45.6 Å². The molecule has 0 spiro atoms. The fraction of sp³-hybridized carbons (Fsp3) is 0.0714. The first-order valence-electron chi connectivity index (χ1n) is 20.9. The maximum atomic E-state index is 6.95. The van der Waals surface area contributed by atoms with Crippen LogP contribution in [0, 0.1) is 0 Å². The zero-order valence-electron chi connectivity index (χ0n) is 34.3. The van der Waals surface area contributed by atoms with Crippen molar-refractivity contribution in [1.82, 2.24) is 14.1 Å². The molecule has 3 aromatic heterocycles. The number of ether oxygens (including phenoxy) is 1. The second kappa shape index (κ2) is 14.5. The van der Waals surface area contributed by atoms with E-state index in [4.69, 9.17) is 9.72 Å². The Bertz CT molecular complexity index is 3360. The van der Waals surface area contributed by atoms with Gasteiger partial charge in [-0.3, -0.25) is 4.57 Å². The minimum atomic E-state index is -0.157. The molecule has 0 unspecified atom stereocenters. The van der Waals surface area contributed by atoms with Crippen LogP contribution in [-0.4, -0.2) is 14.1 Å². The Morgan fingerprint density at radius 3 is 1.90 bits per heavy atom. The van der Waals surface area contributed by atoms with Crippen molar-refractivity contribution >= 4 is 43.6 Å². The number of hydrogen-bond acceptors (Lipinski definition) is 2. The maximum Gasteiger partial charge on any atom is 0.255 e. The monoisotopic (exact) mass is 787 g/mol. The van der Waals surface area contributed by atoms with E-state index in [1.807, 2.05) is 18.3 Å². The van der Waals surface area contributed by atoms with Crippen LogP contribution in [0.4, 0.5) is 0 Å². The molecule has 5 nitrogen and oxygen atoms in total. The first-order valence-corrected chi connectivity index (χ1v) is 20.9. The highest BCUT2D eigenvalue weighted by molar-refractivity contribution is 6.09. The first-order chi connectivity index (χ1) is 29.9. The molecule has 0 N–H and O–H groups in total. The molecule has 0 aliphatic heterocycles. The third kappa shape index (κ3) is 6.34. The van der Waals surface area contributed by atoms with E-state index in [1.54, 1.807) is 0 Å². The molecule has 8 aromatic carbocycles. The summed E-state index contributed by atoms with van der Waals surface area (Å²) in [5.41, 5.74) is 12.2. The van der Waals surface area contributed by atoms with Gasteiger partial charge in [-0.1, -0.05) is 142 Å². The lowest BCUT2D eigenvalue weighted by Gasteiger charge is -2.20. The van der Waals surface area contributed by atoms with Gasteiger partial charge in [-0.2, -0.15) is 9.13 Å². The maximum absolute atomic E-state index is 6.95. The van der Waals surface area contributed by atoms with Crippen LogP contribution in [0.1, 0.15) is 26.3 Å². The number of para-hydroxylation sites is 2. The lowest BCUT2D eigenvalue weighted by atomic mass is 9.86. The molecule has 11 aromatic rings. The minimum Gasteiger partial charge on any atom is -0.457 e. The van der Waals surface area contributed by atoms with Gasteiger partial charge in [-0.15, -0.1) is 0 Å². The van der Waals surface area contributed by atoms with E-state index in [-0.39, 0.29) is 5.41 Å². The van der Waals surface area contributed by atoms with E-state index < -0.39 is 0 Å². The quantitative estimate of drug-likeness (QED) is 0.151. The number of rotatable bonds is 7. The van der Waals surface area contributed by atoms with Gasteiger partial charge in [-0.25, -0.2) is 4.98 Å². The minimum absolute atomic E-state index is 0.157. The highest BCUT2D eigenvalue weighted by atomic mass is 16.5. The average Bonchev–Trinajstić information content (AvgIpc) is 3.85. The SMILES string of the molecule is CC(C)(C)c1cc(Oc2ccc3c4ccccc4n(-c4ccccn4)c3c2)cc(-n2c[n+](-c3c(-c4ccccc4)cccc3-c3ccccc3)c3c4ccccc4ccc32)c1. The second-order valence-corrected chi connectivity index (χ2v) is 16.7. The molecule has 5 heteroatoms. The number of pyridine rings is 1. The van der Waals surface area contributed by atoms with Crippen molar-refractivity contribution in [3.63, 3.8) is 0 Å². The molecule has 0 atom stereocenters. The van der Waals surface area contributed by atoms with Crippen molar-refractivity contribution in [3.05, 3.63) is 212 Å². The van der Waals surface area contributed by atoms with Crippen molar-refractivity contribution in [1.29, 1.82) is 0 Å². The molecule has 0 fully saturated rings. The topological polar surface area (TPSA) is 35.9 Å². The van der Waals surface area contributed by atoms with Crippen molar-refractivity contribution < 1.29 is 9.30 Å². The Balaban J connectivity index is 1.14. The summed E-state index contributed by atoms with van der Waals surface area (Å²) in [7, 11) is 0. The number of hydrogen-bond donors (Lipinski definition) is 0. The summed E-state index contributed by atoms with van der Waals surface area (Å²) in [6.45, 7) is 6.78. The lowest BCUT2D eigenvalue weighted by molar-refractivity contribution is -0.565. The number of aromatic nitrogens is 4. The average molecular weight is 788 g/mol. The van der Waals surface area contributed by atoms with Gasteiger partial charge >= 0.3 is 0 Å². The Morgan fingerprint density at radius 2 is 1.18 bits per heavy atom. The summed E-state index contributed by atoms with van der Waals surface area (Å²) in [5, 5.41) is 4.70. The normalized spacial score (nSPS) is 11.9. The van der Waals surface area contributed by atoms with Crippen molar-refractivity contribution in [2.45, 2.75) is 26.2 Å². The van der Waals surface area contributed by atoms with Gasteiger partial charge < -0.3 is 4.74 Å². The largest absolute Gasteiger partial charge is 0.457 e. The van der Waals surface area contributed by atoms with Gasteiger partial charge in [0.1, 0.15) is 28.7 Å². The van der Waals surface area contributed by atoms with Crippen LogP contribution in [0.5, 0.6) is 11.5 Å². The number of fused-ring (bicyclic) bond motifs is 6. The molecule has 0 amide bonds. The smallest absolute Gasteiger partial charge is 0.255 e. The summed E-state index contributed by atoms with van der Waals surface area (Å²) in [6, 6.07) is 68.9. The van der Waals surface area contributed by atoms with Crippen LogP contribution < -0.4 is 9.30 Å². The van der Waals surface area contributed by atoms with Crippen LogP contribution in [0.2, 0.25) is 0 Å². The van der Waals surface area contributed by atoms with Crippen LogP contribution in [0.25, 0.3) is 83.1 Å². The molecule has 11 rings (SSSR count). The third-order valence-electron chi connectivity index (χ3n) is 11.9. The van der Waals surface area contributed by atoms with Gasteiger partial charge in [0.15, 0.2) is 11.0 Å². The van der Waals surface area contributed by atoms with Gasteiger partial charge in [-0.05, 0) is 88.2 Å². The Kier molecular flexibility index (Phi) is 8.64. The predicted molar refractivity (Wildman–Crippen MR) is 251 cm³/mol. The van der Waals surface area contributed by atoms with E-state index in [2.05, 4.69) is 223 Å². The molecule has 0 aliphatic carbocycles. The Morgan fingerprint density at radius 1 is 0.508 bits per heavy atom. The van der Waals surface area contributed by atoms with Crippen LogP contribution in [0.3, 0.4) is 0 Å². The van der Waals surface area contributed by atoms with Crippen LogP contribution in [-0.2, 0) is 5.41 Å². The summed E-state index contributed by atoms with van der Waals surface area (Å²) < 4.78 is 13.9. The van der Waals surface area contributed by atoms with Crippen LogP contribution >= 0.6 is 0 Å². The highest BCUT2D eigenvalue weighted by Gasteiger charge is 2.28. The summed E-state index contributed by atoms with van der Waals surface area (Å²) >= 11 is 0. The number of benzene rings is 8. The van der Waals surface area contributed by atoms with Crippen molar-refractivity contribution in [2.75, 3.05) is 0 Å². The molecule has 0 radical (unpaired) electrons. The summed E-state index contributed by atoms with van der Waals surface area (Å²) in [6.07, 6.45) is 4.12. The summed E-state index contributed by atoms with van der Waals surface area (Å²) in [4.78, 5) is 4.75. The van der Waals surface area contributed by atoms with Crippen LogP contribution in [0.15, 0.2) is 207 Å². The van der Waals surface area contributed by atoms with Crippen molar-refractivity contribution in [2.24, 2.45) is 0 Å². The lowest BCUT2D eigenvalue weighted by Crippen LogP contribution is -2.31. The summed E-state index contributed by atoms with van der Waals surface area (Å²) in [5.74, 6) is 2.39. The molecule has 0 saturated heterocycles. The van der Waals surface area contributed by atoms with Crippen molar-refractivity contribution in [3.8, 4) is 50.9 Å². The third-order valence-corrected chi connectivity index (χ3v) is 11.9. The Labute approximate surface area is 355 Å². The molecule has 0 saturated carbocycles. The van der Waals surface area contributed by atoms with Gasteiger partial charge in [0.2, 0.25) is 0 Å². The van der Waals surface area contributed by atoms with E-state index in [9.17, 15) is 0 Å². The fourth-order valence-electron chi connectivity index (χ4n) is 8.90. The molecular formula is C56H43N4O+. The second-order valence-electron chi connectivity index (χ2n) is 16.7. The van der Waals surface area contributed by atoms with E-state index in [1.165, 1.54) is 21.7 Å².